The van der Waals surface area contributed by atoms with Crippen molar-refractivity contribution in [2.24, 2.45) is 5.92 Å². The SMILES string of the molecule is C=C1NNC(=O)[C@@H]1Cc1c(C)[nH][nH]c1=O. The first-order chi connectivity index (χ1) is 7.09. The molecule has 1 saturated heterocycles. The summed E-state index contributed by atoms with van der Waals surface area (Å²) in [5.41, 5.74) is 6.88. The summed E-state index contributed by atoms with van der Waals surface area (Å²) >= 11 is 0. The van der Waals surface area contributed by atoms with Crippen molar-refractivity contribution in [2.75, 3.05) is 0 Å². The van der Waals surface area contributed by atoms with Gasteiger partial charge < -0.3 is 10.5 Å². The number of nitrogens with one attached hydrogen (secondary N) is 4. The maximum Gasteiger partial charge on any atom is 0.267 e. The van der Waals surface area contributed by atoms with E-state index in [0.29, 0.717) is 17.7 Å². The van der Waals surface area contributed by atoms with Crippen LogP contribution in [0.3, 0.4) is 0 Å². The zero-order chi connectivity index (χ0) is 11.0. The predicted molar refractivity (Wildman–Crippen MR) is 53.8 cm³/mol. The van der Waals surface area contributed by atoms with Crippen molar-refractivity contribution < 1.29 is 4.79 Å². The van der Waals surface area contributed by atoms with E-state index in [1.54, 1.807) is 6.92 Å². The molecule has 1 fully saturated rings. The maximum atomic E-state index is 11.4. The Balaban J connectivity index is 2.25. The fraction of sp³-hybridized carbons (Fsp3) is 0.333. The number of amides is 1. The molecule has 0 spiro atoms. The van der Waals surface area contributed by atoms with E-state index in [1.165, 1.54) is 0 Å². The average molecular weight is 208 g/mol. The van der Waals surface area contributed by atoms with Gasteiger partial charge in [0.1, 0.15) is 0 Å². The molecule has 6 nitrogen and oxygen atoms in total. The number of aryl methyl sites for hydroxylation is 1. The second kappa shape index (κ2) is 3.30. The first kappa shape index (κ1) is 9.57. The molecule has 1 atom stereocenters. The topological polar surface area (TPSA) is 89.8 Å². The lowest BCUT2D eigenvalue weighted by Gasteiger charge is -2.04. The third-order valence-electron chi connectivity index (χ3n) is 2.58. The lowest BCUT2D eigenvalue weighted by Crippen LogP contribution is -2.26. The highest BCUT2D eigenvalue weighted by Gasteiger charge is 2.29. The molecule has 4 N–H and O–H groups in total. The van der Waals surface area contributed by atoms with Crippen LogP contribution in [0, 0.1) is 12.8 Å². The summed E-state index contributed by atoms with van der Waals surface area (Å²) in [6.45, 7) is 5.50. The van der Waals surface area contributed by atoms with Gasteiger partial charge in [-0.2, -0.15) is 0 Å². The van der Waals surface area contributed by atoms with Crippen molar-refractivity contribution in [1.82, 2.24) is 21.0 Å². The van der Waals surface area contributed by atoms with Gasteiger partial charge in [0, 0.05) is 17.0 Å². The van der Waals surface area contributed by atoms with E-state index in [4.69, 9.17) is 0 Å². The van der Waals surface area contributed by atoms with Crippen LogP contribution in [-0.2, 0) is 11.2 Å². The van der Waals surface area contributed by atoms with Crippen LogP contribution in [0.5, 0.6) is 0 Å². The molecule has 1 aromatic rings. The van der Waals surface area contributed by atoms with Gasteiger partial charge in [-0.3, -0.25) is 20.1 Å². The highest BCUT2D eigenvalue weighted by molar-refractivity contribution is 5.83. The van der Waals surface area contributed by atoms with E-state index in [0.717, 1.165) is 5.69 Å². The van der Waals surface area contributed by atoms with Crippen LogP contribution in [0.2, 0.25) is 0 Å². The van der Waals surface area contributed by atoms with Crippen molar-refractivity contribution in [1.29, 1.82) is 0 Å². The molecule has 2 rings (SSSR count). The Morgan fingerprint density at radius 2 is 2.00 bits per heavy atom. The van der Waals surface area contributed by atoms with Crippen LogP contribution in [0.1, 0.15) is 11.3 Å². The Hall–Kier alpha value is -1.98. The molecular formula is C9H12N4O2. The molecule has 0 bridgehead atoms. The molecule has 80 valence electrons. The van der Waals surface area contributed by atoms with Gasteiger partial charge >= 0.3 is 0 Å². The van der Waals surface area contributed by atoms with Gasteiger partial charge in [0.05, 0.1) is 5.92 Å². The van der Waals surface area contributed by atoms with E-state index < -0.39 is 0 Å². The second-order valence-electron chi connectivity index (χ2n) is 3.58. The number of rotatable bonds is 2. The maximum absolute atomic E-state index is 11.4. The summed E-state index contributed by atoms with van der Waals surface area (Å²) in [6, 6.07) is 0. The molecule has 1 aliphatic heterocycles. The standard InChI is InChI=1S/C9H12N4O2/c1-4-6(8(14)12-10-4)3-7-5(2)11-13-9(7)15/h6,10H,1,3H2,2H3,(H,12,14)(H2,11,13,15)/t6-/m1/s1. The molecule has 15 heavy (non-hydrogen) atoms. The van der Waals surface area contributed by atoms with Crippen LogP contribution in [0.4, 0.5) is 0 Å². The minimum atomic E-state index is -0.374. The summed E-state index contributed by atoms with van der Waals surface area (Å²) in [5.74, 6) is -0.527. The molecule has 1 aliphatic rings. The number of H-pyrrole nitrogens is 2. The summed E-state index contributed by atoms with van der Waals surface area (Å²) in [4.78, 5) is 22.7. The van der Waals surface area contributed by atoms with Crippen molar-refractivity contribution in [2.45, 2.75) is 13.3 Å². The second-order valence-corrected chi connectivity index (χ2v) is 3.58. The van der Waals surface area contributed by atoms with Crippen LogP contribution < -0.4 is 16.4 Å². The molecule has 1 amide bonds. The number of carbonyl (C=O) groups is 1. The molecule has 0 aromatic carbocycles. The Labute approximate surface area is 85.7 Å². The third kappa shape index (κ3) is 1.54. The number of carbonyl (C=O) groups excluding carboxylic acids is 1. The Morgan fingerprint density at radius 3 is 2.47 bits per heavy atom. The van der Waals surface area contributed by atoms with E-state index in [-0.39, 0.29) is 17.4 Å². The summed E-state index contributed by atoms with van der Waals surface area (Å²) in [7, 11) is 0. The van der Waals surface area contributed by atoms with Crippen molar-refractivity contribution in [3.8, 4) is 0 Å². The highest BCUT2D eigenvalue weighted by atomic mass is 16.2. The number of aromatic nitrogens is 2. The quantitative estimate of drug-likeness (QED) is 0.519. The number of aromatic amines is 2. The molecule has 0 unspecified atom stereocenters. The van der Waals surface area contributed by atoms with E-state index in [1.807, 2.05) is 0 Å². The Morgan fingerprint density at radius 1 is 1.27 bits per heavy atom. The molecule has 0 saturated carbocycles. The molecule has 6 heteroatoms. The Kier molecular flexibility index (Phi) is 2.11. The smallest absolute Gasteiger partial charge is 0.267 e. The summed E-state index contributed by atoms with van der Waals surface area (Å²) < 4.78 is 0. The average Bonchev–Trinajstić information content (AvgIpc) is 2.67. The van der Waals surface area contributed by atoms with Gasteiger partial charge in [-0.25, -0.2) is 0 Å². The minimum absolute atomic E-state index is 0.153. The van der Waals surface area contributed by atoms with Gasteiger partial charge in [-0.05, 0) is 13.3 Å². The van der Waals surface area contributed by atoms with Crippen LogP contribution in [-0.4, -0.2) is 16.1 Å². The summed E-state index contributed by atoms with van der Waals surface area (Å²) in [6.07, 6.45) is 0.363. The molecule has 2 heterocycles. The first-order valence-electron chi connectivity index (χ1n) is 4.60. The number of hydrogen-bond acceptors (Lipinski definition) is 3. The van der Waals surface area contributed by atoms with Gasteiger partial charge in [0.15, 0.2) is 0 Å². The van der Waals surface area contributed by atoms with Gasteiger partial charge in [0.25, 0.3) is 5.56 Å². The van der Waals surface area contributed by atoms with E-state index in [2.05, 4.69) is 27.6 Å². The van der Waals surface area contributed by atoms with E-state index in [9.17, 15) is 9.59 Å². The lowest BCUT2D eigenvalue weighted by molar-refractivity contribution is -0.122. The molecule has 0 radical (unpaired) electrons. The highest BCUT2D eigenvalue weighted by Crippen LogP contribution is 2.16. The fourth-order valence-electron chi connectivity index (χ4n) is 1.61. The van der Waals surface area contributed by atoms with Crippen molar-refractivity contribution in [3.05, 3.63) is 33.9 Å². The number of hydrazine groups is 1. The third-order valence-corrected chi connectivity index (χ3v) is 2.58. The minimum Gasteiger partial charge on any atom is -0.302 e. The van der Waals surface area contributed by atoms with Crippen molar-refractivity contribution in [3.63, 3.8) is 0 Å². The molecule has 0 aliphatic carbocycles. The zero-order valence-corrected chi connectivity index (χ0v) is 8.31. The molecular weight excluding hydrogens is 196 g/mol. The predicted octanol–water partition coefficient (Wildman–Crippen LogP) is -0.682. The summed E-state index contributed by atoms with van der Waals surface area (Å²) in [5, 5.41) is 5.20. The molecule has 1 aromatic heterocycles. The van der Waals surface area contributed by atoms with Gasteiger partial charge in [-0.1, -0.05) is 6.58 Å². The fourth-order valence-corrected chi connectivity index (χ4v) is 1.61. The lowest BCUT2D eigenvalue weighted by atomic mass is 9.98. The van der Waals surface area contributed by atoms with Crippen LogP contribution in [0.25, 0.3) is 0 Å². The van der Waals surface area contributed by atoms with Gasteiger partial charge in [-0.15, -0.1) is 0 Å². The normalized spacial score (nSPS) is 20.2. The number of hydrogen-bond donors (Lipinski definition) is 4. The van der Waals surface area contributed by atoms with Crippen molar-refractivity contribution >= 4 is 5.91 Å². The first-order valence-corrected chi connectivity index (χ1v) is 4.60. The monoisotopic (exact) mass is 208 g/mol. The Bertz CT molecular complexity index is 455. The van der Waals surface area contributed by atoms with E-state index >= 15 is 0 Å². The van der Waals surface area contributed by atoms with Crippen LogP contribution in [0.15, 0.2) is 17.1 Å². The van der Waals surface area contributed by atoms with Crippen LogP contribution >= 0.6 is 0 Å². The largest absolute Gasteiger partial charge is 0.302 e. The zero-order valence-electron chi connectivity index (χ0n) is 8.31. The van der Waals surface area contributed by atoms with Gasteiger partial charge in [0.2, 0.25) is 5.91 Å².